The standard InChI is InChI=1S/C26H22F3N7O2/c1-16-8-9-19(34-24(37)17-5-4-6-18(11-17)26(27,28)29)12-21(16)35-25(38)36(14-20-7-2-3-10-31-20)23-13-22(30)32-15-33-23/h2-13,15H,14H2,1H3,(H,34,37)(H,35,38)(H2,30,32,33). The monoisotopic (exact) mass is 521 g/mol. The number of pyridine rings is 1. The van der Waals surface area contributed by atoms with Crippen molar-refractivity contribution in [1.82, 2.24) is 15.0 Å². The highest BCUT2D eigenvalue weighted by Gasteiger charge is 2.31. The molecule has 0 saturated carbocycles. The fourth-order valence-electron chi connectivity index (χ4n) is 3.48. The molecule has 3 amide bonds. The van der Waals surface area contributed by atoms with Crippen LogP contribution in [-0.2, 0) is 12.7 Å². The van der Waals surface area contributed by atoms with E-state index in [1.807, 2.05) is 0 Å². The third-order valence-electron chi connectivity index (χ3n) is 5.43. The summed E-state index contributed by atoms with van der Waals surface area (Å²) in [5.74, 6) is -0.318. The van der Waals surface area contributed by atoms with Gasteiger partial charge in [-0.2, -0.15) is 13.2 Å². The predicted molar refractivity (Wildman–Crippen MR) is 136 cm³/mol. The normalized spacial score (nSPS) is 11.1. The lowest BCUT2D eigenvalue weighted by Gasteiger charge is -2.23. The lowest BCUT2D eigenvalue weighted by molar-refractivity contribution is -0.137. The number of carbonyl (C=O) groups is 2. The molecule has 4 rings (SSSR count). The molecule has 4 N–H and O–H groups in total. The molecular weight excluding hydrogens is 499 g/mol. The number of anilines is 4. The van der Waals surface area contributed by atoms with Crippen molar-refractivity contribution in [3.63, 3.8) is 0 Å². The first-order valence-electron chi connectivity index (χ1n) is 11.3. The number of rotatable bonds is 6. The first-order chi connectivity index (χ1) is 18.1. The molecule has 2 aromatic carbocycles. The molecular formula is C26H22F3N7O2. The minimum atomic E-state index is -4.58. The Hall–Kier alpha value is -5.00. The third-order valence-corrected chi connectivity index (χ3v) is 5.43. The maximum absolute atomic E-state index is 13.4. The summed E-state index contributed by atoms with van der Waals surface area (Å²) in [4.78, 5) is 39.6. The molecule has 0 fully saturated rings. The number of urea groups is 1. The average molecular weight is 522 g/mol. The van der Waals surface area contributed by atoms with Crippen molar-refractivity contribution in [3.8, 4) is 0 Å². The maximum atomic E-state index is 13.4. The van der Waals surface area contributed by atoms with Crippen molar-refractivity contribution in [1.29, 1.82) is 0 Å². The lowest BCUT2D eigenvalue weighted by Crippen LogP contribution is -2.35. The maximum Gasteiger partial charge on any atom is 0.416 e. The number of halogens is 3. The van der Waals surface area contributed by atoms with Crippen LogP contribution in [0.1, 0.15) is 27.2 Å². The summed E-state index contributed by atoms with van der Waals surface area (Å²) < 4.78 is 39.1. The highest BCUT2D eigenvalue weighted by molar-refractivity contribution is 6.05. The molecule has 0 aliphatic heterocycles. The van der Waals surface area contributed by atoms with Gasteiger partial charge in [-0.15, -0.1) is 0 Å². The Bertz CT molecular complexity index is 1460. The Balaban J connectivity index is 1.56. The van der Waals surface area contributed by atoms with Crippen LogP contribution in [0.4, 0.5) is 41.0 Å². The van der Waals surface area contributed by atoms with Crippen LogP contribution in [0.25, 0.3) is 0 Å². The van der Waals surface area contributed by atoms with Gasteiger partial charge in [0.05, 0.1) is 17.8 Å². The zero-order valence-corrected chi connectivity index (χ0v) is 20.0. The molecule has 2 aromatic heterocycles. The Kier molecular flexibility index (Phi) is 7.51. The smallest absolute Gasteiger partial charge is 0.384 e. The van der Waals surface area contributed by atoms with Gasteiger partial charge in [-0.1, -0.05) is 18.2 Å². The van der Waals surface area contributed by atoms with E-state index in [0.29, 0.717) is 16.9 Å². The number of nitrogens with two attached hydrogens (primary N) is 1. The van der Waals surface area contributed by atoms with Gasteiger partial charge < -0.3 is 16.4 Å². The first kappa shape index (κ1) is 26.1. The Morgan fingerprint density at radius 1 is 0.947 bits per heavy atom. The Morgan fingerprint density at radius 3 is 2.47 bits per heavy atom. The molecule has 9 nitrogen and oxygen atoms in total. The van der Waals surface area contributed by atoms with Gasteiger partial charge >= 0.3 is 12.2 Å². The van der Waals surface area contributed by atoms with Crippen molar-refractivity contribution in [2.24, 2.45) is 0 Å². The first-order valence-corrected chi connectivity index (χ1v) is 11.3. The minimum Gasteiger partial charge on any atom is -0.384 e. The topological polar surface area (TPSA) is 126 Å². The van der Waals surface area contributed by atoms with E-state index in [-0.39, 0.29) is 29.4 Å². The van der Waals surface area contributed by atoms with Crippen LogP contribution in [0.2, 0.25) is 0 Å². The van der Waals surface area contributed by atoms with Gasteiger partial charge in [-0.3, -0.25) is 14.7 Å². The number of nitrogens with one attached hydrogen (secondary N) is 2. The summed E-state index contributed by atoms with van der Waals surface area (Å²) in [6, 6.07) is 15.0. The zero-order chi connectivity index (χ0) is 27.3. The second kappa shape index (κ2) is 10.9. The molecule has 0 bridgehead atoms. The highest BCUT2D eigenvalue weighted by atomic mass is 19.4. The van der Waals surface area contributed by atoms with E-state index in [1.165, 1.54) is 29.4 Å². The number of nitrogens with zero attached hydrogens (tertiary/aromatic N) is 4. The van der Waals surface area contributed by atoms with Crippen molar-refractivity contribution in [3.05, 3.63) is 102 Å². The second-order valence-electron chi connectivity index (χ2n) is 8.20. The molecule has 0 aliphatic rings. The van der Waals surface area contributed by atoms with Gasteiger partial charge in [0.2, 0.25) is 0 Å². The molecule has 2 heterocycles. The van der Waals surface area contributed by atoms with Gasteiger partial charge in [0.15, 0.2) is 0 Å². The summed E-state index contributed by atoms with van der Waals surface area (Å²) in [6.45, 7) is 1.83. The molecule has 0 atom stereocenters. The van der Waals surface area contributed by atoms with Crippen LogP contribution in [-0.4, -0.2) is 26.9 Å². The largest absolute Gasteiger partial charge is 0.416 e. The third kappa shape index (κ3) is 6.40. The molecule has 0 unspecified atom stereocenters. The molecule has 12 heteroatoms. The number of hydrogen-bond donors (Lipinski definition) is 3. The number of carbonyl (C=O) groups excluding carboxylic acids is 2. The average Bonchev–Trinajstić information content (AvgIpc) is 2.89. The number of nitrogen functional groups attached to an aromatic ring is 1. The van der Waals surface area contributed by atoms with E-state index in [1.54, 1.807) is 43.5 Å². The lowest BCUT2D eigenvalue weighted by atomic mass is 10.1. The van der Waals surface area contributed by atoms with Crippen molar-refractivity contribution < 1.29 is 22.8 Å². The number of benzene rings is 2. The van der Waals surface area contributed by atoms with Crippen molar-refractivity contribution in [2.45, 2.75) is 19.6 Å². The number of amides is 3. The van der Waals surface area contributed by atoms with Crippen LogP contribution >= 0.6 is 0 Å². The van der Waals surface area contributed by atoms with E-state index in [0.717, 1.165) is 18.2 Å². The summed E-state index contributed by atoms with van der Waals surface area (Å²) in [7, 11) is 0. The van der Waals surface area contributed by atoms with E-state index in [9.17, 15) is 22.8 Å². The summed E-state index contributed by atoms with van der Waals surface area (Å²) in [5, 5.41) is 5.36. The van der Waals surface area contributed by atoms with E-state index in [2.05, 4.69) is 25.6 Å². The molecule has 4 aromatic rings. The summed E-state index contributed by atoms with van der Waals surface area (Å²) in [5.41, 5.74) is 6.61. The molecule has 0 saturated heterocycles. The fourth-order valence-corrected chi connectivity index (χ4v) is 3.48. The van der Waals surface area contributed by atoms with Crippen LogP contribution in [0.5, 0.6) is 0 Å². The van der Waals surface area contributed by atoms with Gasteiger partial charge in [0.1, 0.15) is 18.0 Å². The highest BCUT2D eigenvalue weighted by Crippen LogP contribution is 2.30. The molecule has 0 radical (unpaired) electrons. The van der Waals surface area contributed by atoms with Crippen LogP contribution in [0, 0.1) is 6.92 Å². The molecule has 0 aliphatic carbocycles. The molecule has 194 valence electrons. The van der Waals surface area contributed by atoms with E-state index >= 15 is 0 Å². The van der Waals surface area contributed by atoms with Gasteiger partial charge in [-0.25, -0.2) is 14.8 Å². The SMILES string of the molecule is Cc1ccc(NC(=O)c2cccc(C(F)(F)F)c2)cc1NC(=O)N(Cc1ccccn1)c1cc(N)ncn1. The summed E-state index contributed by atoms with van der Waals surface area (Å²) >= 11 is 0. The van der Waals surface area contributed by atoms with Crippen molar-refractivity contribution in [2.75, 3.05) is 21.3 Å². The van der Waals surface area contributed by atoms with Crippen molar-refractivity contribution >= 4 is 34.9 Å². The van der Waals surface area contributed by atoms with Crippen LogP contribution in [0.15, 0.2) is 79.3 Å². The van der Waals surface area contributed by atoms with Crippen LogP contribution in [0.3, 0.4) is 0 Å². The quantitative estimate of drug-likeness (QED) is 0.317. The number of aryl methyl sites for hydroxylation is 1. The molecule has 38 heavy (non-hydrogen) atoms. The predicted octanol–water partition coefficient (Wildman–Crippen LogP) is 5.27. The Labute approximate surface area is 215 Å². The van der Waals surface area contributed by atoms with Crippen LogP contribution < -0.4 is 21.3 Å². The zero-order valence-electron chi connectivity index (χ0n) is 20.0. The number of aromatic nitrogens is 3. The number of alkyl halides is 3. The Morgan fingerprint density at radius 2 is 1.76 bits per heavy atom. The summed E-state index contributed by atoms with van der Waals surface area (Å²) in [6.07, 6.45) is -1.74. The van der Waals surface area contributed by atoms with E-state index < -0.39 is 23.7 Å². The second-order valence-corrected chi connectivity index (χ2v) is 8.20. The minimum absolute atomic E-state index is 0.0775. The van der Waals surface area contributed by atoms with Gasteiger partial charge in [0, 0.05) is 29.2 Å². The van der Waals surface area contributed by atoms with Gasteiger partial charge in [0.25, 0.3) is 5.91 Å². The molecule has 0 spiro atoms. The van der Waals surface area contributed by atoms with E-state index in [4.69, 9.17) is 5.73 Å². The number of hydrogen-bond acceptors (Lipinski definition) is 6. The van der Waals surface area contributed by atoms with Gasteiger partial charge in [-0.05, 0) is 55.0 Å². The fraction of sp³-hybridized carbons (Fsp3) is 0.115.